The molecular weight excluding hydrogens is 327 g/mol. The first-order chi connectivity index (χ1) is 10.4. The quantitative estimate of drug-likeness (QED) is 0.578. The van der Waals surface area contributed by atoms with Gasteiger partial charge in [-0.15, -0.1) is 23.2 Å². The molecule has 0 aliphatic heterocycles. The van der Waals surface area contributed by atoms with Crippen LogP contribution in [-0.4, -0.2) is 36.9 Å². The number of halogens is 2. The molecular formula is C16H22Cl2O4. The van der Waals surface area contributed by atoms with Gasteiger partial charge in [-0.1, -0.05) is 0 Å². The number of hydrogen-bond acceptors (Lipinski definition) is 4. The van der Waals surface area contributed by atoms with Gasteiger partial charge in [-0.25, -0.2) is 0 Å². The highest BCUT2D eigenvalue weighted by Gasteiger charge is 2.64. The van der Waals surface area contributed by atoms with Crippen molar-refractivity contribution in [1.82, 2.24) is 0 Å². The molecule has 0 aromatic carbocycles. The second-order valence-corrected chi connectivity index (χ2v) is 8.33. The van der Waals surface area contributed by atoms with Gasteiger partial charge in [0.1, 0.15) is 10.8 Å². The fraction of sp³-hybridized carbons (Fsp3) is 0.875. The van der Waals surface area contributed by atoms with Crippen LogP contribution in [0, 0.1) is 22.7 Å². The Kier molecular flexibility index (Phi) is 4.14. The Morgan fingerprint density at radius 2 is 1.27 bits per heavy atom. The minimum Gasteiger partial charge on any atom is -0.468 e. The van der Waals surface area contributed by atoms with Crippen LogP contribution in [0.2, 0.25) is 0 Å². The number of methoxy groups -OCH3 is 2. The van der Waals surface area contributed by atoms with E-state index in [-0.39, 0.29) is 22.8 Å². The Morgan fingerprint density at radius 3 is 1.59 bits per heavy atom. The molecule has 4 rings (SSSR count). The maximum Gasteiger partial charge on any atom is 0.324 e. The van der Waals surface area contributed by atoms with E-state index in [4.69, 9.17) is 32.7 Å². The summed E-state index contributed by atoms with van der Waals surface area (Å²) in [6, 6.07) is 0. The highest BCUT2D eigenvalue weighted by atomic mass is 35.5. The van der Waals surface area contributed by atoms with E-state index in [1.807, 2.05) is 0 Å². The Hall–Kier alpha value is -0.480. The maximum absolute atomic E-state index is 12.0. The summed E-state index contributed by atoms with van der Waals surface area (Å²) in [5.74, 6) is 0.224. The molecule has 0 aromatic rings. The molecule has 4 saturated carbocycles. The highest BCUT2D eigenvalue weighted by Crippen LogP contribution is 2.68. The van der Waals surface area contributed by atoms with Gasteiger partial charge in [0.25, 0.3) is 0 Å². The van der Waals surface area contributed by atoms with Gasteiger partial charge in [0, 0.05) is 0 Å². The second kappa shape index (κ2) is 5.55. The van der Waals surface area contributed by atoms with Crippen molar-refractivity contribution in [2.45, 2.75) is 49.3 Å². The van der Waals surface area contributed by atoms with Crippen LogP contribution in [0.15, 0.2) is 0 Å². The zero-order valence-corrected chi connectivity index (χ0v) is 14.5. The van der Waals surface area contributed by atoms with Gasteiger partial charge in [0.05, 0.1) is 14.2 Å². The number of alkyl halides is 2. The van der Waals surface area contributed by atoms with Gasteiger partial charge in [0.2, 0.25) is 0 Å². The van der Waals surface area contributed by atoms with Gasteiger partial charge in [-0.2, -0.15) is 0 Å². The van der Waals surface area contributed by atoms with Gasteiger partial charge < -0.3 is 9.47 Å². The summed E-state index contributed by atoms with van der Waals surface area (Å²) in [4.78, 5) is 24.0. The van der Waals surface area contributed by atoms with Crippen LogP contribution in [0.5, 0.6) is 0 Å². The maximum atomic E-state index is 12.0. The van der Waals surface area contributed by atoms with E-state index in [0.29, 0.717) is 18.3 Å². The molecule has 2 atom stereocenters. The zero-order chi connectivity index (χ0) is 16.1. The van der Waals surface area contributed by atoms with Crippen molar-refractivity contribution in [1.29, 1.82) is 0 Å². The minimum atomic E-state index is -0.663. The molecule has 2 unspecified atom stereocenters. The molecule has 124 valence electrons. The molecule has 22 heavy (non-hydrogen) atoms. The van der Waals surface area contributed by atoms with Gasteiger partial charge in [0.15, 0.2) is 0 Å². The van der Waals surface area contributed by atoms with Crippen molar-refractivity contribution in [3.8, 4) is 0 Å². The molecule has 0 aromatic heterocycles. The number of carbonyl (C=O) groups excluding carboxylic acids is 2. The van der Waals surface area contributed by atoms with Crippen molar-refractivity contribution < 1.29 is 19.1 Å². The van der Waals surface area contributed by atoms with Gasteiger partial charge in [-0.05, 0) is 61.2 Å². The topological polar surface area (TPSA) is 52.6 Å². The molecule has 0 radical (unpaired) electrons. The SMILES string of the molecule is COC(=O)C(Cl)C12CC3CC(C1)CC(C(Cl)C(=O)OC)(C3)C2. The highest BCUT2D eigenvalue weighted by molar-refractivity contribution is 6.31. The Labute approximate surface area is 140 Å². The van der Waals surface area contributed by atoms with Crippen LogP contribution in [0.3, 0.4) is 0 Å². The summed E-state index contributed by atoms with van der Waals surface area (Å²) in [6.07, 6.45) is 5.58. The normalized spacial score (nSPS) is 41.8. The minimum absolute atomic E-state index is 0.292. The predicted molar refractivity (Wildman–Crippen MR) is 82.9 cm³/mol. The zero-order valence-electron chi connectivity index (χ0n) is 12.9. The molecule has 4 aliphatic rings. The molecule has 4 nitrogen and oxygen atoms in total. The van der Waals surface area contributed by atoms with Crippen molar-refractivity contribution in [3.05, 3.63) is 0 Å². The van der Waals surface area contributed by atoms with E-state index < -0.39 is 10.8 Å². The molecule has 0 spiro atoms. The number of hydrogen-bond donors (Lipinski definition) is 0. The van der Waals surface area contributed by atoms with Crippen molar-refractivity contribution in [2.75, 3.05) is 14.2 Å². The third kappa shape index (κ3) is 2.34. The summed E-state index contributed by atoms with van der Waals surface area (Å²) < 4.78 is 9.74. The van der Waals surface area contributed by atoms with E-state index in [1.54, 1.807) is 0 Å². The fourth-order valence-electron chi connectivity index (χ4n) is 5.71. The number of esters is 2. The summed E-state index contributed by atoms with van der Waals surface area (Å²) >= 11 is 13.0. The fourth-order valence-corrected chi connectivity index (χ4v) is 6.39. The Balaban J connectivity index is 1.93. The number of ether oxygens (including phenoxy) is 2. The lowest BCUT2D eigenvalue weighted by Gasteiger charge is -2.63. The number of carbonyl (C=O) groups is 2. The first kappa shape index (κ1) is 16.4. The van der Waals surface area contributed by atoms with Crippen LogP contribution in [0.25, 0.3) is 0 Å². The lowest BCUT2D eigenvalue weighted by Crippen LogP contribution is -2.60. The summed E-state index contributed by atoms with van der Waals surface area (Å²) in [7, 11) is 2.74. The third-order valence-electron chi connectivity index (χ3n) is 6.04. The monoisotopic (exact) mass is 348 g/mol. The van der Waals surface area contributed by atoms with Crippen LogP contribution in [0.1, 0.15) is 38.5 Å². The predicted octanol–water partition coefficient (Wildman–Crippen LogP) is 3.13. The molecule has 4 bridgehead atoms. The van der Waals surface area contributed by atoms with E-state index in [2.05, 4.69) is 0 Å². The van der Waals surface area contributed by atoms with Crippen molar-refractivity contribution in [3.63, 3.8) is 0 Å². The van der Waals surface area contributed by atoms with E-state index in [1.165, 1.54) is 14.2 Å². The van der Waals surface area contributed by atoms with E-state index >= 15 is 0 Å². The number of rotatable bonds is 4. The third-order valence-corrected chi connectivity index (χ3v) is 7.33. The molecule has 4 aliphatic carbocycles. The average Bonchev–Trinajstić information content (AvgIpc) is 2.50. The molecule has 0 heterocycles. The van der Waals surface area contributed by atoms with Crippen LogP contribution in [-0.2, 0) is 19.1 Å². The van der Waals surface area contributed by atoms with Gasteiger partial charge >= 0.3 is 11.9 Å². The first-order valence-corrected chi connectivity index (χ1v) is 8.67. The van der Waals surface area contributed by atoms with Crippen LogP contribution < -0.4 is 0 Å². The van der Waals surface area contributed by atoms with Gasteiger partial charge in [-0.3, -0.25) is 9.59 Å². The second-order valence-electron chi connectivity index (χ2n) is 7.46. The molecule has 0 saturated heterocycles. The van der Waals surface area contributed by atoms with E-state index in [0.717, 1.165) is 32.1 Å². The lowest BCUT2D eigenvalue weighted by atomic mass is 9.42. The molecule has 0 amide bonds. The van der Waals surface area contributed by atoms with E-state index in [9.17, 15) is 9.59 Å². The Bertz CT molecular complexity index is 439. The smallest absolute Gasteiger partial charge is 0.324 e. The standard InChI is InChI=1S/C16H22Cl2O4/c1-21-13(19)11(17)15-4-9-3-10(5-15)7-16(6-9,8-15)12(18)14(20)22-2/h9-12H,3-8H2,1-2H3. The largest absolute Gasteiger partial charge is 0.468 e. The summed E-state index contributed by atoms with van der Waals surface area (Å²) in [6.45, 7) is 0. The summed E-state index contributed by atoms with van der Waals surface area (Å²) in [5.41, 5.74) is -0.584. The summed E-state index contributed by atoms with van der Waals surface area (Å²) in [5, 5.41) is -1.33. The first-order valence-electron chi connectivity index (χ1n) is 7.79. The van der Waals surface area contributed by atoms with Crippen LogP contribution in [0.4, 0.5) is 0 Å². The van der Waals surface area contributed by atoms with Crippen molar-refractivity contribution in [2.24, 2.45) is 22.7 Å². The lowest BCUT2D eigenvalue weighted by molar-refractivity contribution is -0.161. The molecule has 4 fully saturated rings. The Morgan fingerprint density at radius 1 is 0.909 bits per heavy atom. The van der Waals surface area contributed by atoms with Crippen LogP contribution >= 0.6 is 23.2 Å². The van der Waals surface area contributed by atoms with Crippen molar-refractivity contribution >= 4 is 35.1 Å². The average molecular weight is 349 g/mol. The molecule has 0 N–H and O–H groups in total. The molecule has 6 heteroatoms.